The molecule has 0 aromatic heterocycles. The van der Waals surface area contributed by atoms with Crippen LogP contribution in [0.15, 0.2) is 30.3 Å². The fraction of sp³-hybridized carbons (Fsp3) is 0.467. The van der Waals surface area contributed by atoms with Gasteiger partial charge < -0.3 is 25.2 Å². The Labute approximate surface area is 128 Å². The lowest BCUT2D eigenvalue weighted by Crippen LogP contribution is -2.49. The molecule has 2 amide bonds. The number of aliphatic hydroxyl groups excluding tert-OH is 1. The standard InChI is InChI=1S/C15H20N2O5/c18-13-6-7-17(15(20)21)9-12(13)8-16-14(19)22-10-11-4-2-1-3-5-11/h1-5,12-13,18H,6-10H2,(H,16,19)(H,20,21)/t12-,13+/m0/s1. The molecule has 22 heavy (non-hydrogen) atoms. The molecule has 1 aromatic carbocycles. The SMILES string of the molecule is O=C(NC[C@H]1CN(C(=O)O)CC[C@H]1O)OCc1ccccc1. The topological polar surface area (TPSA) is 99.1 Å². The minimum absolute atomic E-state index is 0.168. The van der Waals surface area contributed by atoms with Gasteiger partial charge in [0.1, 0.15) is 6.61 Å². The average Bonchev–Trinajstić information content (AvgIpc) is 2.53. The van der Waals surface area contributed by atoms with Crippen molar-refractivity contribution >= 4 is 12.2 Å². The van der Waals surface area contributed by atoms with Crippen LogP contribution in [0.2, 0.25) is 0 Å². The minimum Gasteiger partial charge on any atom is -0.465 e. The Balaban J connectivity index is 1.74. The summed E-state index contributed by atoms with van der Waals surface area (Å²) in [7, 11) is 0. The molecule has 1 aromatic rings. The number of carbonyl (C=O) groups excluding carboxylic acids is 1. The average molecular weight is 308 g/mol. The summed E-state index contributed by atoms with van der Waals surface area (Å²) in [6, 6.07) is 9.29. The highest BCUT2D eigenvalue weighted by molar-refractivity contribution is 5.67. The lowest BCUT2D eigenvalue weighted by atomic mass is 9.95. The van der Waals surface area contributed by atoms with Gasteiger partial charge in [-0.05, 0) is 12.0 Å². The summed E-state index contributed by atoms with van der Waals surface area (Å²) in [6.07, 6.45) is -1.84. The number of piperidine rings is 1. The van der Waals surface area contributed by atoms with Gasteiger partial charge in [0.25, 0.3) is 0 Å². The molecule has 0 radical (unpaired) electrons. The molecule has 3 N–H and O–H groups in total. The van der Waals surface area contributed by atoms with E-state index < -0.39 is 18.3 Å². The molecule has 1 aliphatic rings. The molecule has 1 heterocycles. The van der Waals surface area contributed by atoms with Crippen LogP contribution in [0.4, 0.5) is 9.59 Å². The van der Waals surface area contributed by atoms with Gasteiger partial charge >= 0.3 is 12.2 Å². The van der Waals surface area contributed by atoms with Gasteiger partial charge in [-0.15, -0.1) is 0 Å². The van der Waals surface area contributed by atoms with Crippen molar-refractivity contribution < 1.29 is 24.5 Å². The first-order valence-corrected chi connectivity index (χ1v) is 7.16. The Morgan fingerprint density at radius 1 is 1.32 bits per heavy atom. The van der Waals surface area contributed by atoms with Gasteiger partial charge in [-0.3, -0.25) is 0 Å². The van der Waals surface area contributed by atoms with Gasteiger partial charge in [0.2, 0.25) is 0 Å². The van der Waals surface area contributed by atoms with E-state index in [0.717, 1.165) is 5.56 Å². The van der Waals surface area contributed by atoms with E-state index in [1.165, 1.54) is 4.90 Å². The van der Waals surface area contributed by atoms with E-state index in [1.807, 2.05) is 30.3 Å². The molecule has 0 aliphatic carbocycles. The molecule has 120 valence electrons. The Morgan fingerprint density at radius 3 is 2.73 bits per heavy atom. The van der Waals surface area contributed by atoms with Gasteiger partial charge in [0.15, 0.2) is 0 Å². The summed E-state index contributed by atoms with van der Waals surface area (Å²) < 4.78 is 5.07. The molecule has 7 nitrogen and oxygen atoms in total. The number of likely N-dealkylation sites (tertiary alicyclic amines) is 1. The summed E-state index contributed by atoms with van der Waals surface area (Å²) in [5, 5.41) is 21.4. The molecular formula is C15H20N2O5. The molecule has 7 heteroatoms. The monoisotopic (exact) mass is 308 g/mol. The molecule has 0 saturated carbocycles. The second-order valence-electron chi connectivity index (χ2n) is 5.29. The van der Waals surface area contributed by atoms with Gasteiger partial charge in [-0.25, -0.2) is 9.59 Å². The van der Waals surface area contributed by atoms with Crippen molar-refractivity contribution in [3.05, 3.63) is 35.9 Å². The van der Waals surface area contributed by atoms with Crippen molar-refractivity contribution in [2.45, 2.75) is 19.1 Å². The van der Waals surface area contributed by atoms with Gasteiger partial charge in [0, 0.05) is 25.6 Å². The van der Waals surface area contributed by atoms with Crippen LogP contribution < -0.4 is 5.32 Å². The quantitative estimate of drug-likeness (QED) is 0.778. The lowest BCUT2D eigenvalue weighted by Gasteiger charge is -2.34. The van der Waals surface area contributed by atoms with E-state index in [1.54, 1.807) is 0 Å². The van der Waals surface area contributed by atoms with Crippen LogP contribution in [0.3, 0.4) is 0 Å². The lowest BCUT2D eigenvalue weighted by molar-refractivity contribution is 0.0293. The Bertz CT molecular complexity index is 508. The van der Waals surface area contributed by atoms with Crippen LogP contribution >= 0.6 is 0 Å². The third-order valence-corrected chi connectivity index (χ3v) is 3.69. The summed E-state index contributed by atoms with van der Waals surface area (Å²) in [4.78, 5) is 23.8. The number of carbonyl (C=O) groups is 2. The zero-order valence-electron chi connectivity index (χ0n) is 12.1. The largest absolute Gasteiger partial charge is 0.465 e. The predicted octanol–water partition coefficient (Wildman–Crippen LogP) is 1.27. The number of carboxylic acid groups (broad SMARTS) is 1. The number of alkyl carbamates (subject to hydrolysis) is 1. The van der Waals surface area contributed by atoms with Crippen LogP contribution in [0.25, 0.3) is 0 Å². The first-order chi connectivity index (χ1) is 10.6. The molecule has 2 atom stereocenters. The number of rotatable bonds is 4. The molecule has 0 unspecified atom stereocenters. The van der Waals surface area contributed by atoms with Crippen LogP contribution in [0.5, 0.6) is 0 Å². The van der Waals surface area contributed by atoms with E-state index in [9.17, 15) is 14.7 Å². The number of nitrogens with one attached hydrogen (secondary N) is 1. The number of nitrogens with zero attached hydrogens (tertiary/aromatic N) is 1. The third kappa shape index (κ3) is 4.63. The van der Waals surface area contributed by atoms with Crippen molar-refractivity contribution in [3.63, 3.8) is 0 Å². The molecule has 1 saturated heterocycles. The highest BCUT2D eigenvalue weighted by Crippen LogP contribution is 2.16. The maximum absolute atomic E-state index is 11.6. The van der Waals surface area contributed by atoms with Crippen molar-refractivity contribution in [2.24, 2.45) is 5.92 Å². The highest BCUT2D eigenvalue weighted by atomic mass is 16.5. The van der Waals surface area contributed by atoms with E-state index in [-0.39, 0.29) is 25.6 Å². The zero-order chi connectivity index (χ0) is 15.9. The van der Waals surface area contributed by atoms with E-state index in [0.29, 0.717) is 13.0 Å². The summed E-state index contributed by atoms with van der Waals surface area (Å²) in [5.74, 6) is -0.325. The van der Waals surface area contributed by atoms with Crippen molar-refractivity contribution in [2.75, 3.05) is 19.6 Å². The number of hydrogen-bond acceptors (Lipinski definition) is 4. The number of ether oxygens (including phenoxy) is 1. The second-order valence-corrected chi connectivity index (χ2v) is 5.29. The maximum Gasteiger partial charge on any atom is 0.407 e. The maximum atomic E-state index is 11.6. The number of aliphatic hydroxyl groups is 1. The Hall–Kier alpha value is -2.28. The van der Waals surface area contributed by atoms with Crippen molar-refractivity contribution in [1.82, 2.24) is 10.2 Å². The zero-order valence-corrected chi connectivity index (χ0v) is 12.1. The highest BCUT2D eigenvalue weighted by Gasteiger charge is 2.30. The predicted molar refractivity (Wildman–Crippen MR) is 78.3 cm³/mol. The summed E-state index contributed by atoms with van der Waals surface area (Å²) in [5.41, 5.74) is 0.882. The molecule has 0 bridgehead atoms. The van der Waals surface area contributed by atoms with E-state index in [4.69, 9.17) is 9.84 Å². The minimum atomic E-state index is -1.01. The molecular weight excluding hydrogens is 288 g/mol. The van der Waals surface area contributed by atoms with Gasteiger partial charge in [-0.2, -0.15) is 0 Å². The fourth-order valence-corrected chi connectivity index (χ4v) is 2.38. The third-order valence-electron chi connectivity index (χ3n) is 3.69. The number of benzene rings is 1. The summed E-state index contributed by atoms with van der Waals surface area (Å²) in [6.45, 7) is 0.862. The number of hydrogen-bond donors (Lipinski definition) is 3. The molecule has 2 rings (SSSR count). The van der Waals surface area contributed by atoms with Crippen LogP contribution in [-0.2, 0) is 11.3 Å². The molecule has 1 aliphatic heterocycles. The second kappa shape index (κ2) is 7.65. The van der Waals surface area contributed by atoms with Crippen LogP contribution in [-0.4, -0.2) is 53.0 Å². The molecule has 1 fully saturated rings. The molecule has 0 spiro atoms. The normalized spacial score (nSPS) is 21.2. The van der Waals surface area contributed by atoms with Gasteiger partial charge in [0.05, 0.1) is 6.10 Å². The first-order valence-electron chi connectivity index (χ1n) is 7.16. The van der Waals surface area contributed by atoms with E-state index >= 15 is 0 Å². The summed E-state index contributed by atoms with van der Waals surface area (Å²) >= 11 is 0. The van der Waals surface area contributed by atoms with Crippen LogP contribution in [0, 0.1) is 5.92 Å². The van der Waals surface area contributed by atoms with Gasteiger partial charge in [-0.1, -0.05) is 30.3 Å². The van der Waals surface area contributed by atoms with Crippen molar-refractivity contribution in [3.8, 4) is 0 Å². The Kier molecular flexibility index (Phi) is 5.60. The smallest absolute Gasteiger partial charge is 0.407 e. The Morgan fingerprint density at radius 2 is 2.05 bits per heavy atom. The van der Waals surface area contributed by atoms with Crippen molar-refractivity contribution in [1.29, 1.82) is 0 Å². The fourth-order valence-electron chi connectivity index (χ4n) is 2.38. The van der Waals surface area contributed by atoms with E-state index in [2.05, 4.69) is 5.32 Å². The first kappa shape index (κ1) is 16.1. The van der Waals surface area contributed by atoms with Crippen LogP contribution in [0.1, 0.15) is 12.0 Å². The number of amides is 2.